The zero-order valence-electron chi connectivity index (χ0n) is 14.0. The molecule has 1 aromatic rings. The molecule has 0 saturated carbocycles. The number of hydrogen-bond acceptors (Lipinski definition) is 4. The van der Waals surface area contributed by atoms with Gasteiger partial charge in [-0.2, -0.15) is 0 Å². The number of hydrogen-bond donors (Lipinski definition) is 2. The number of methoxy groups -OCH3 is 1. The standard InChI is InChI=1S/C17H25N3O3/c1-4-18-17(19-9-13-5-7-14(21)8-6-13)20-10-12(2)15(11-20)16(22)23-3/h5-8,12,15,21H,4,9-11H2,1-3H3,(H,18,19). The number of carbonyl (C=O) groups is 1. The second-order valence-electron chi connectivity index (χ2n) is 5.85. The maximum atomic E-state index is 11.8. The quantitative estimate of drug-likeness (QED) is 0.501. The normalized spacial score (nSPS) is 21.3. The molecule has 1 saturated heterocycles. The molecular formula is C17H25N3O3. The van der Waals surface area contributed by atoms with Crippen molar-refractivity contribution in [1.29, 1.82) is 0 Å². The number of phenols is 1. The first kappa shape index (κ1) is 17.1. The van der Waals surface area contributed by atoms with Crippen molar-refractivity contribution < 1.29 is 14.6 Å². The number of ether oxygens (including phenoxy) is 1. The first-order chi connectivity index (χ1) is 11.0. The summed E-state index contributed by atoms with van der Waals surface area (Å²) in [5.74, 6) is 1.02. The monoisotopic (exact) mass is 319 g/mol. The second-order valence-corrected chi connectivity index (χ2v) is 5.85. The lowest BCUT2D eigenvalue weighted by atomic mass is 9.99. The molecule has 2 unspecified atom stereocenters. The van der Waals surface area contributed by atoms with Gasteiger partial charge in [0.05, 0.1) is 19.6 Å². The van der Waals surface area contributed by atoms with E-state index in [-0.39, 0.29) is 23.6 Å². The van der Waals surface area contributed by atoms with Crippen LogP contribution in [-0.2, 0) is 16.1 Å². The van der Waals surface area contributed by atoms with E-state index in [0.29, 0.717) is 13.1 Å². The summed E-state index contributed by atoms with van der Waals surface area (Å²) in [6.45, 7) is 6.77. The highest BCUT2D eigenvalue weighted by Crippen LogP contribution is 2.24. The summed E-state index contributed by atoms with van der Waals surface area (Å²) in [5, 5.41) is 12.6. The van der Waals surface area contributed by atoms with Gasteiger partial charge in [0, 0.05) is 19.6 Å². The molecule has 0 aromatic heterocycles. The molecule has 0 aliphatic carbocycles. The molecule has 6 nitrogen and oxygen atoms in total. The van der Waals surface area contributed by atoms with E-state index in [9.17, 15) is 9.90 Å². The molecular weight excluding hydrogens is 294 g/mol. The van der Waals surface area contributed by atoms with Crippen LogP contribution in [0.15, 0.2) is 29.3 Å². The lowest BCUT2D eigenvalue weighted by Gasteiger charge is -2.21. The Kier molecular flexibility index (Phi) is 5.84. The molecule has 126 valence electrons. The van der Waals surface area contributed by atoms with E-state index in [0.717, 1.165) is 24.6 Å². The summed E-state index contributed by atoms with van der Waals surface area (Å²) in [7, 11) is 1.43. The second kappa shape index (κ2) is 7.85. The molecule has 1 heterocycles. The Morgan fingerprint density at radius 2 is 2.09 bits per heavy atom. The van der Waals surface area contributed by atoms with Crippen molar-refractivity contribution >= 4 is 11.9 Å². The van der Waals surface area contributed by atoms with Gasteiger partial charge in [-0.05, 0) is 30.5 Å². The molecule has 0 amide bonds. The number of likely N-dealkylation sites (tertiary alicyclic amines) is 1. The zero-order chi connectivity index (χ0) is 16.8. The van der Waals surface area contributed by atoms with E-state index in [1.54, 1.807) is 12.1 Å². The Morgan fingerprint density at radius 3 is 2.70 bits per heavy atom. The van der Waals surface area contributed by atoms with Crippen molar-refractivity contribution in [3.63, 3.8) is 0 Å². The van der Waals surface area contributed by atoms with Gasteiger partial charge in [-0.1, -0.05) is 19.1 Å². The minimum atomic E-state index is -0.158. The van der Waals surface area contributed by atoms with Gasteiger partial charge < -0.3 is 20.1 Å². The first-order valence-electron chi connectivity index (χ1n) is 7.94. The van der Waals surface area contributed by atoms with Crippen molar-refractivity contribution in [2.75, 3.05) is 26.7 Å². The van der Waals surface area contributed by atoms with Gasteiger partial charge >= 0.3 is 5.97 Å². The SMILES string of the molecule is CCNC(=NCc1ccc(O)cc1)N1CC(C)C(C(=O)OC)C1. The molecule has 0 spiro atoms. The van der Waals surface area contributed by atoms with Crippen molar-refractivity contribution in [2.24, 2.45) is 16.8 Å². The largest absolute Gasteiger partial charge is 0.508 e. The number of aliphatic imine (C=N–C) groups is 1. The number of nitrogens with zero attached hydrogens (tertiary/aromatic N) is 2. The molecule has 6 heteroatoms. The number of aromatic hydroxyl groups is 1. The van der Waals surface area contributed by atoms with Crippen LogP contribution in [0.2, 0.25) is 0 Å². The smallest absolute Gasteiger partial charge is 0.310 e. The molecule has 1 aromatic carbocycles. The van der Waals surface area contributed by atoms with Gasteiger partial charge in [0.2, 0.25) is 0 Å². The molecule has 1 aliphatic rings. The summed E-state index contributed by atoms with van der Waals surface area (Å²) in [4.78, 5) is 18.6. The van der Waals surface area contributed by atoms with Crippen LogP contribution in [0.25, 0.3) is 0 Å². The van der Waals surface area contributed by atoms with Gasteiger partial charge in [-0.15, -0.1) is 0 Å². The summed E-state index contributed by atoms with van der Waals surface area (Å²) < 4.78 is 4.88. The van der Waals surface area contributed by atoms with E-state index in [1.165, 1.54) is 7.11 Å². The van der Waals surface area contributed by atoms with Gasteiger partial charge in [0.25, 0.3) is 0 Å². The Labute approximate surface area is 137 Å². The lowest BCUT2D eigenvalue weighted by Crippen LogP contribution is -2.40. The average molecular weight is 319 g/mol. The highest BCUT2D eigenvalue weighted by molar-refractivity contribution is 5.82. The van der Waals surface area contributed by atoms with E-state index < -0.39 is 0 Å². The van der Waals surface area contributed by atoms with Gasteiger partial charge in [-0.25, -0.2) is 4.99 Å². The minimum absolute atomic E-state index is 0.113. The van der Waals surface area contributed by atoms with E-state index >= 15 is 0 Å². The van der Waals surface area contributed by atoms with Crippen LogP contribution in [0.5, 0.6) is 5.75 Å². The number of rotatable bonds is 4. The number of phenolic OH excluding ortho intramolecular Hbond substituents is 1. The summed E-state index contributed by atoms with van der Waals surface area (Å²) in [6, 6.07) is 7.02. The van der Waals surface area contributed by atoms with Crippen LogP contribution in [-0.4, -0.2) is 48.7 Å². The van der Waals surface area contributed by atoms with Crippen molar-refractivity contribution in [2.45, 2.75) is 20.4 Å². The Hall–Kier alpha value is -2.24. The minimum Gasteiger partial charge on any atom is -0.508 e. The van der Waals surface area contributed by atoms with E-state index in [1.807, 2.05) is 19.1 Å². The van der Waals surface area contributed by atoms with Gasteiger partial charge in [0.1, 0.15) is 5.75 Å². The number of guanidine groups is 1. The molecule has 2 atom stereocenters. The van der Waals surface area contributed by atoms with Crippen LogP contribution in [0.4, 0.5) is 0 Å². The van der Waals surface area contributed by atoms with Gasteiger partial charge in [0.15, 0.2) is 5.96 Å². The van der Waals surface area contributed by atoms with Crippen molar-refractivity contribution in [3.05, 3.63) is 29.8 Å². The number of esters is 1. The third-order valence-electron chi connectivity index (χ3n) is 4.10. The van der Waals surface area contributed by atoms with Gasteiger partial charge in [-0.3, -0.25) is 4.79 Å². The highest BCUT2D eigenvalue weighted by atomic mass is 16.5. The average Bonchev–Trinajstić information content (AvgIpc) is 2.94. The van der Waals surface area contributed by atoms with Crippen LogP contribution >= 0.6 is 0 Å². The number of nitrogens with one attached hydrogen (secondary N) is 1. The predicted molar refractivity (Wildman–Crippen MR) is 89.2 cm³/mol. The van der Waals surface area contributed by atoms with Crippen LogP contribution < -0.4 is 5.32 Å². The molecule has 1 aliphatic heterocycles. The molecule has 1 fully saturated rings. The molecule has 0 bridgehead atoms. The zero-order valence-corrected chi connectivity index (χ0v) is 14.0. The first-order valence-corrected chi connectivity index (χ1v) is 7.94. The fraction of sp³-hybridized carbons (Fsp3) is 0.529. The Bertz CT molecular complexity index is 557. The molecule has 23 heavy (non-hydrogen) atoms. The Balaban J connectivity index is 2.07. The summed E-state index contributed by atoms with van der Waals surface area (Å²) >= 11 is 0. The topological polar surface area (TPSA) is 74.2 Å². The number of benzene rings is 1. The lowest BCUT2D eigenvalue weighted by molar-refractivity contribution is -0.145. The van der Waals surface area contributed by atoms with Crippen molar-refractivity contribution in [1.82, 2.24) is 10.2 Å². The van der Waals surface area contributed by atoms with Crippen LogP contribution in [0.1, 0.15) is 19.4 Å². The summed E-state index contributed by atoms with van der Waals surface area (Å²) in [6.07, 6.45) is 0. The van der Waals surface area contributed by atoms with Crippen LogP contribution in [0.3, 0.4) is 0 Å². The molecule has 0 radical (unpaired) electrons. The molecule has 2 rings (SSSR count). The third kappa shape index (κ3) is 4.37. The van der Waals surface area contributed by atoms with Crippen molar-refractivity contribution in [3.8, 4) is 5.75 Å². The van der Waals surface area contributed by atoms with E-state index in [2.05, 4.69) is 22.1 Å². The predicted octanol–water partition coefficient (Wildman–Crippen LogP) is 1.60. The fourth-order valence-corrected chi connectivity index (χ4v) is 2.79. The van der Waals surface area contributed by atoms with Crippen LogP contribution in [0, 0.1) is 11.8 Å². The fourth-order valence-electron chi connectivity index (χ4n) is 2.79. The van der Waals surface area contributed by atoms with E-state index in [4.69, 9.17) is 4.74 Å². The highest BCUT2D eigenvalue weighted by Gasteiger charge is 2.36. The summed E-state index contributed by atoms with van der Waals surface area (Å²) in [5.41, 5.74) is 1.02. The number of carbonyl (C=O) groups excluding carboxylic acids is 1. The third-order valence-corrected chi connectivity index (χ3v) is 4.10. The Morgan fingerprint density at radius 1 is 1.39 bits per heavy atom. The maximum Gasteiger partial charge on any atom is 0.310 e. The molecule has 2 N–H and O–H groups in total. The maximum absolute atomic E-state index is 11.8.